The van der Waals surface area contributed by atoms with Gasteiger partial charge in [0.25, 0.3) is 5.91 Å². The van der Waals surface area contributed by atoms with Crippen LogP contribution in [0.15, 0.2) is 4.99 Å². The molecule has 0 spiro atoms. The maximum absolute atomic E-state index is 12.1. The smallest absolute Gasteiger partial charge is 0.394 e. The second kappa shape index (κ2) is 5.40. The summed E-state index contributed by atoms with van der Waals surface area (Å²) < 4.78 is 36.4. The monoisotopic (exact) mass is 313 g/mol. The van der Waals surface area contributed by atoms with E-state index in [2.05, 4.69) is 10.3 Å². The summed E-state index contributed by atoms with van der Waals surface area (Å²) >= 11 is 0. The van der Waals surface area contributed by atoms with Crippen molar-refractivity contribution in [1.29, 1.82) is 0 Å². The van der Waals surface area contributed by atoms with Crippen LogP contribution in [0.4, 0.5) is 13.2 Å². The average molecular weight is 313 g/mol. The van der Waals surface area contributed by atoms with E-state index in [1.165, 1.54) is 0 Å². The quantitative estimate of drug-likeness (QED) is 0.374. The lowest BCUT2D eigenvalue weighted by Gasteiger charge is -2.44. The number of aliphatic hydroxyl groups excluding tert-OH is 4. The Morgan fingerprint density at radius 2 is 1.81 bits per heavy atom. The Hall–Kier alpha value is -1.43. The highest BCUT2D eigenvalue weighted by atomic mass is 19.4. The number of fused-ring (bicyclic) bond motifs is 1. The van der Waals surface area contributed by atoms with Crippen molar-refractivity contribution in [1.82, 2.24) is 10.2 Å². The van der Waals surface area contributed by atoms with Crippen molar-refractivity contribution >= 4 is 11.7 Å². The fourth-order valence-electron chi connectivity index (χ4n) is 2.39. The van der Waals surface area contributed by atoms with Crippen LogP contribution in [0.2, 0.25) is 0 Å². The van der Waals surface area contributed by atoms with Crippen molar-refractivity contribution < 1.29 is 38.4 Å². The summed E-state index contributed by atoms with van der Waals surface area (Å²) in [7, 11) is 0. The molecule has 11 heteroatoms. The van der Waals surface area contributed by atoms with Crippen molar-refractivity contribution in [2.45, 2.75) is 36.7 Å². The number of hydrogen-bond acceptors (Lipinski definition) is 6. The number of alkyl halides is 3. The van der Waals surface area contributed by atoms with Gasteiger partial charge in [0.15, 0.2) is 5.84 Å². The standard InChI is InChI=1S/C10H14F3N3O5/c11-10(12,13)2-14-7-9(21)16-3(1-17)4(18)5(19)6(20)8(16)15-7/h3-6,8,17-20H,1-2H2,(H,14,15)/t3-,4-,5+,6+,8+/m1/s1. The summed E-state index contributed by atoms with van der Waals surface area (Å²) in [5, 5.41) is 40.6. The third kappa shape index (κ3) is 2.81. The maximum Gasteiger partial charge on any atom is 0.408 e. The van der Waals surface area contributed by atoms with Crippen molar-refractivity contribution in [3.8, 4) is 0 Å². The second-order valence-corrected chi connectivity index (χ2v) is 4.80. The van der Waals surface area contributed by atoms with E-state index in [-0.39, 0.29) is 0 Å². The lowest BCUT2D eigenvalue weighted by atomic mass is 9.92. The summed E-state index contributed by atoms with van der Waals surface area (Å²) in [4.78, 5) is 15.8. The first-order valence-electron chi connectivity index (χ1n) is 6.03. The Morgan fingerprint density at radius 1 is 1.19 bits per heavy atom. The van der Waals surface area contributed by atoms with Crippen LogP contribution in [0.5, 0.6) is 0 Å². The number of aliphatic hydroxyl groups is 4. The van der Waals surface area contributed by atoms with Crippen LogP contribution in [0, 0.1) is 0 Å². The Bertz CT molecular complexity index is 458. The van der Waals surface area contributed by atoms with Crippen LogP contribution in [0.25, 0.3) is 0 Å². The van der Waals surface area contributed by atoms with Crippen molar-refractivity contribution in [3.63, 3.8) is 0 Å². The summed E-state index contributed by atoms with van der Waals surface area (Å²) in [6, 6.07) is -1.26. The zero-order valence-electron chi connectivity index (χ0n) is 10.5. The van der Waals surface area contributed by atoms with E-state index in [0.717, 1.165) is 4.90 Å². The van der Waals surface area contributed by atoms with E-state index < -0.39 is 61.6 Å². The third-order valence-electron chi connectivity index (χ3n) is 3.40. The fraction of sp³-hybridized carbons (Fsp3) is 0.800. The molecular formula is C10H14F3N3O5. The van der Waals surface area contributed by atoms with Crippen molar-refractivity contribution in [3.05, 3.63) is 0 Å². The minimum atomic E-state index is -4.61. The molecule has 1 amide bonds. The number of nitrogens with one attached hydrogen (secondary N) is 1. The van der Waals surface area contributed by atoms with Gasteiger partial charge >= 0.3 is 6.18 Å². The normalized spacial score (nSPS) is 38.6. The van der Waals surface area contributed by atoms with Gasteiger partial charge in [0.1, 0.15) is 31.0 Å². The molecule has 5 atom stereocenters. The molecule has 0 aromatic carbocycles. The lowest BCUT2D eigenvalue weighted by Crippen LogP contribution is -2.68. The Morgan fingerprint density at radius 3 is 2.33 bits per heavy atom. The average Bonchev–Trinajstić information content (AvgIpc) is 2.72. The number of hydrogen-bond donors (Lipinski definition) is 5. The first kappa shape index (κ1) is 15.9. The summed E-state index contributed by atoms with van der Waals surface area (Å²) in [6.07, 6.45) is -10.8. The number of amidine groups is 1. The second-order valence-electron chi connectivity index (χ2n) is 4.80. The number of halogens is 3. The van der Waals surface area contributed by atoms with Crippen LogP contribution in [-0.2, 0) is 4.79 Å². The zero-order valence-corrected chi connectivity index (χ0v) is 10.5. The molecule has 0 aromatic rings. The van der Waals surface area contributed by atoms with Crippen LogP contribution in [-0.4, -0.2) is 86.9 Å². The number of carbonyl (C=O) groups excluding carboxylic acids is 1. The molecule has 2 heterocycles. The Kier molecular flexibility index (Phi) is 4.10. The molecule has 5 N–H and O–H groups in total. The number of carbonyl (C=O) groups is 1. The molecule has 8 nitrogen and oxygen atoms in total. The fourth-order valence-corrected chi connectivity index (χ4v) is 2.39. The molecule has 0 saturated carbocycles. The summed E-state index contributed by atoms with van der Waals surface area (Å²) in [6.45, 7) is -2.33. The van der Waals surface area contributed by atoms with E-state index in [1.807, 2.05) is 0 Å². The first-order valence-corrected chi connectivity index (χ1v) is 6.03. The van der Waals surface area contributed by atoms with Gasteiger partial charge < -0.3 is 30.6 Å². The maximum atomic E-state index is 12.1. The van der Waals surface area contributed by atoms with Crippen molar-refractivity contribution in [2.75, 3.05) is 13.2 Å². The molecule has 0 aromatic heterocycles. The van der Waals surface area contributed by atoms with E-state index in [1.54, 1.807) is 0 Å². The predicted octanol–water partition coefficient (Wildman–Crippen LogP) is -2.84. The van der Waals surface area contributed by atoms with Crippen LogP contribution >= 0.6 is 0 Å². The third-order valence-corrected chi connectivity index (χ3v) is 3.40. The van der Waals surface area contributed by atoms with Gasteiger partial charge in [-0.2, -0.15) is 13.2 Å². The molecule has 120 valence electrons. The molecule has 0 radical (unpaired) electrons. The largest absolute Gasteiger partial charge is 0.408 e. The molecule has 21 heavy (non-hydrogen) atoms. The summed E-state index contributed by atoms with van der Waals surface area (Å²) in [5.41, 5.74) is 0. The van der Waals surface area contributed by atoms with Gasteiger partial charge in [0.2, 0.25) is 0 Å². The molecule has 2 fully saturated rings. The Labute approximate surface area is 116 Å². The van der Waals surface area contributed by atoms with Crippen LogP contribution in [0.3, 0.4) is 0 Å². The van der Waals surface area contributed by atoms with E-state index in [9.17, 15) is 38.4 Å². The van der Waals surface area contributed by atoms with E-state index in [0.29, 0.717) is 0 Å². The van der Waals surface area contributed by atoms with Crippen LogP contribution < -0.4 is 5.32 Å². The minimum absolute atomic E-state index is 0.642. The highest BCUT2D eigenvalue weighted by Crippen LogP contribution is 2.27. The molecule has 0 aliphatic carbocycles. The molecule has 0 unspecified atom stereocenters. The highest BCUT2D eigenvalue weighted by Gasteiger charge is 2.54. The number of amides is 1. The number of piperidine rings is 1. The van der Waals surface area contributed by atoms with Gasteiger partial charge in [-0.25, -0.2) is 0 Å². The zero-order chi connectivity index (χ0) is 15.9. The SMILES string of the molecule is O=C1C(=NCC(F)(F)F)N[C@@H]2[C@@H](O)[C@@H](O)[C@H](O)[C@@H](CO)N12. The minimum Gasteiger partial charge on any atom is -0.394 e. The molecular weight excluding hydrogens is 299 g/mol. The number of nitrogens with zero attached hydrogens (tertiary/aromatic N) is 2. The number of rotatable bonds is 2. The first-order chi connectivity index (χ1) is 9.67. The molecule has 0 bridgehead atoms. The van der Waals surface area contributed by atoms with Crippen LogP contribution in [0.1, 0.15) is 0 Å². The highest BCUT2D eigenvalue weighted by molar-refractivity contribution is 6.39. The van der Waals surface area contributed by atoms with Gasteiger partial charge in [-0.05, 0) is 0 Å². The van der Waals surface area contributed by atoms with E-state index >= 15 is 0 Å². The van der Waals surface area contributed by atoms with Gasteiger partial charge in [-0.1, -0.05) is 0 Å². The lowest BCUT2D eigenvalue weighted by molar-refractivity contribution is -0.174. The van der Waals surface area contributed by atoms with Crippen molar-refractivity contribution in [2.24, 2.45) is 4.99 Å². The Balaban J connectivity index is 2.27. The molecule has 2 rings (SSSR count). The molecule has 2 aliphatic rings. The van der Waals surface area contributed by atoms with Gasteiger partial charge in [0.05, 0.1) is 12.6 Å². The predicted molar refractivity (Wildman–Crippen MR) is 61.0 cm³/mol. The van der Waals surface area contributed by atoms with Gasteiger partial charge in [0, 0.05) is 0 Å². The van der Waals surface area contributed by atoms with Gasteiger partial charge in [-0.3, -0.25) is 9.79 Å². The topological polar surface area (TPSA) is 126 Å². The molecule has 2 saturated heterocycles. The summed E-state index contributed by atoms with van der Waals surface area (Å²) in [5.74, 6) is -1.63. The van der Waals surface area contributed by atoms with Gasteiger partial charge in [-0.15, -0.1) is 0 Å². The molecule has 2 aliphatic heterocycles. The number of aliphatic imine (C=N–C) groups is 1. The van der Waals surface area contributed by atoms with E-state index in [4.69, 9.17) is 0 Å².